The van der Waals surface area contributed by atoms with E-state index in [0.717, 1.165) is 11.3 Å². The molecule has 0 spiro atoms. The Kier molecular flexibility index (Phi) is 4.12. The molecule has 1 aromatic carbocycles. The highest BCUT2D eigenvalue weighted by Crippen LogP contribution is 2.31. The van der Waals surface area contributed by atoms with Gasteiger partial charge in [0, 0.05) is 17.7 Å². The van der Waals surface area contributed by atoms with E-state index in [0.29, 0.717) is 6.42 Å². The highest BCUT2D eigenvalue weighted by Gasteiger charge is 2.26. The van der Waals surface area contributed by atoms with Crippen molar-refractivity contribution in [1.29, 1.82) is 0 Å². The van der Waals surface area contributed by atoms with Crippen molar-refractivity contribution in [3.8, 4) is 5.75 Å². The molecule has 15 heavy (non-hydrogen) atoms. The highest BCUT2D eigenvalue weighted by atomic mass is 16.5. The molecule has 0 saturated carbocycles. The molecule has 0 fully saturated rings. The Morgan fingerprint density at radius 1 is 1.40 bits per heavy atom. The quantitative estimate of drug-likeness (QED) is 0.772. The molecule has 0 heterocycles. The molecular formula is C12H19NO2. The predicted octanol–water partition coefficient (Wildman–Crippen LogP) is 1.51. The lowest BCUT2D eigenvalue weighted by molar-refractivity contribution is 0.225. The first-order valence-electron chi connectivity index (χ1n) is 5.11. The zero-order chi connectivity index (χ0) is 11.3. The molecule has 0 aliphatic carbocycles. The maximum atomic E-state index is 9.08. The number of aliphatic hydroxyl groups is 1. The third-order valence-electron chi connectivity index (χ3n) is 2.87. The smallest absolute Gasteiger partial charge is 0.123 e. The van der Waals surface area contributed by atoms with E-state index in [1.807, 2.05) is 31.3 Å². The van der Waals surface area contributed by atoms with E-state index < -0.39 is 0 Å². The summed E-state index contributed by atoms with van der Waals surface area (Å²) in [6, 6.07) is 7.87. The SMILES string of the molecule is CNC(C)(CCO)c1ccccc1OC. The molecule has 0 aliphatic heterocycles. The summed E-state index contributed by atoms with van der Waals surface area (Å²) in [7, 11) is 3.55. The fraction of sp³-hybridized carbons (Fsp3) is 0.500. The Morgan fingerprint density at radius 2 is 2.07 bits per heavy atom. The monoisotopic (exact) mass is 209 g/mol. The molecule has 3 nitrogen and oxygen atoms in total. The number of hydrogen-bond donors (Lipinski definition) is 2. The van der Waals surface area contributed by atoms with Crippen LogP contribution in [0.4, 0.5) is 0 Å². The molecule has 84 valence electrons. The summed E-state index contributed by atoms with van der Waals surface area (Å²) in [5.41, 5.74) is 0.825. The van der Waals surface area contributed by atoms with Gasteiger partial charge in [-0.25, -0.2) is 0 Å². The minimum absolute atomic E-state index is 0.148. The third kappa shape index (κ3) is 2.49. The van der Waals surface area contributed by atoms with Gasteiger partial charge in [-0.3, -0.25) is 0 Å². The van der Waals surface area contributed by atoms with Gasteiger partial charge in [-0.1, -0.05) is 18.2 Å². The molecular weight excluding hydrogens is 190 g/mol. The third-order valence-corrected chi connectivity index (χ3v) is 2.87. The highest BCUT2D eigenvalue weighted by molar-refractivity contribution is 5.38. The van der Waals surface area contributed by atoms with Crippen molar-refractivity contribution in [2.24, 2.45) is 0 Å². The maximum absolute atomic E-state index is 9.08. The standard InChI is InChI=1S/C12H19NO2/c1-12(13-2,8-9-14)10-6-4-5-7-11(10)15-3/h4-7,13-14H,8-9H2,1-3H3. The van der Waals surface area contributed by atoms with E-state index in [9.17, 15) is 0 Å². The molecule has 1 unspecified atom stereocenters. The van der Waals surface area contributed by atoms with Crippen LogP contribution in [-0.4, -0.2) is 25.9 Å². The zero-order valence-corrected chi connectivity index (χ0v) is 9.58. The van der Waals surface area contributed by atoms with E-state index in [2.05, 4.69) is 12.2 Å². The van der Waals surface area contributed by atoms with Gasteiger partial charge in [-0.2, -0.15) is 0 Å². The Labute approximate surface area is 91.1 Å². The number of rotatable bonds is 5. The van der Waals surface area contributed by atoms with E-state index in [4.69, 9.17) is 9.84 Å². The Hall–Kier alpha value is -1.06. The van der Waals surface area contributed by atoms with Crippen LogP contribution < -0.4 is 10.1 Å². The van der Waals surface area contributed by atoms with Crippen molar-refractivity contribution in [1.82, 2.24) is 5.32 Å². The lowest BCUT2D eigenvalue weighted by Crippen LogP contribution is -2.38. The minimum Gasteiger partial charge on any atom is -0.496 e. The number of hydrogen-bond acceptors (Lipinski definition) is 3. The van der Waals surface area contributed by atoms with Crippen molar-refractivity contribution in [2.75, 3.05) is 20.8 Å². The largest absolute Gasteiger partial charge is 0.496 e. The summed E-state index contributed by atoms with van der Waals surface area (Å²) in [5.74, 6) is 0.850. The van der Waals surface area contributed by atoms with Gasteiger partial charge in [0.15, 0.2) is 0 Å². The fourth-order valence-electron chi connectivity index (χ4n) is 1.72. The Morgan fingerprint density at radius 3 is 2.60 bits per heavy atom. The molecule has 1 atom stereocenters. The van der Waals surface area contributed by atoms with Crippen LogP contribution in [0, 0.1) is 0 Å². The molecule has 0 bridgehead atoms. The van der Waals surface area contributed by atoms with E-state index in [1.165, 1.54) is 0 Å². The van der Waals surface area contributed by atoms with E-state index in [1.54, 1.807) is 7.11 Å². The van der Waals surface area contributed by atoms with E-state index >= 15 is 0 Å². The van der Waals surface area contributed by atoms with Crippen LogP contribution in [0.5, 0.6) is 5.75 Å². The second-order valence-corrected chi connectivity index (χ2v) is 3.76. The minimum atomic E-state index is -0.249. The van der Waals surface area contributed by atoms with Crippen LogP contribution in [0.25, 0.3) is 0 Å². The topological polar surface area (TPSA) is 41.5 Å². The molecule has 2 N–H and O–H groups in total. The van der Waals surface area contributed by atoms with Crippen LogP contribution in [0.15, 0.2) is 24.3 Å². The number of para-hydroxylation sites is 1. The molecule has 0 radical (unpaired) electrons. The average Bonchev–Trinajstić information content (AvgIpc) is 2.29. The van der Waals surface area contributed by atoms with Crippen molar-refractivity contribution in [3.05, 3.63) is 29.8 Å². The van der Waals surface area contributed by atoms with Gasteiger partial charge in [0.05, 0.1) is 7.11 Å². The lowest BCUT2D eigenvalue weighted by atomic mass is 9.88. The Balaban J connectivity index is 3.10. The number of nitrogens with one attached hydrogen (secondary N) is 1. The zero-order valence-electron chi connectivity index (χ0n) is 9.58. The number of benzene rings is 1. The van der Waals surface area contributed by atoms with Crippen LogP contribution in [-0.2, 0) is 5.54 Å². The van der Waals surface area contributed by atoms with Gasteiger partial charge in [0.2, 0.25) is 0 Å². The summed E-state index contributed by atoms with van der Waals surface area (Å²) >= 11 is 0. The number of aliphatic hydroxyl groups excluding tert-OH is 1. The van der Waals surface area contributed by atoms with Gasteiger partial charge in [0.25, 0.3) is 0 Å². The number of methoxy groups -OCH3 is 1. The first-order chi connectivity index (χ1) is 7.18. The fourth-order valence-corrected chi connectivity index (χ4v) is 1.72. The van der Waals surface area contributed by atoms with Gasteiger partial charge in [-0.05, 0) is 26.5 Å². The molecule has 1 rings (SSSR count). The summed E-state index contributed by atoms with van der Waals surface area (Å²) in [6.45, 7) is 2.20. The number of ether oxygens (including phenoxy) is 1. The second-order valence-electron chi connectivity index (χ2n) is 3.76. The average molecular weight is 209 g/mol. The second kappa shape index (κ2) is 5.14. The molecule has 3 heteroatoms. The first-order valence-corrected chi connectivity index (χ1v) is 5.11. The molecule has 0 saturated heterocycles. The Bertz CT molecular complexity index is 314. The predicted molar refractivity (Wildman–Crippen MR) is 61.1 cm³/mol. The van der Waals surface area contributed by atoms with Gasteiger partial charge < -0.3 is 15.2 Å². The molecule has 0 aromatic heterocycles. The van der Waals surface area contributed by atoms with Crippen LogP contribution in [0.2, 0.25) is 0 Å². The molecule has 0 aliphatic rings. The summed E-state index contributed by atoms with van der Waals surface area (Å²) in [6.07, 6.45) is 0.657. The summed E-state index contributed by atoms with van der Waals surface area (Å²) in [4.78, 5) is 0. The maximum Gasteiger partial charge on any atom is 0.123 e. The van der Waals surface area contributed by atoms with Crippen LogP contribution >= 0.6 is 0 Å². The van der Waals surface area contributed by atoms with Crippen molar-refractivity contribution < 1.29 is 9.84 Å². The first kappa shape index (κ1) is 12.0. The van der Waals surface area contributed by atoms with Crippen LogP contribution in [0.1, 0.15) is 18.9 Å². The molecule has 0 amide bonds. The van der Waals surface area contributed by atoms with Crippen molar-refractivity contribution in [3.63, 3.8) is 0 Å². The summed E-state index contributed by atoms with van der Waals surface area (Å²) < 4.78 is 5.32. The van der Waals surface area contributed by atoms with Gasteiger partial charge >= 0.3 is 0 Å². The van der Waals surface area contributed by atoms with Gasteiger partial charge in [0.1, 0.15) is 5.75 Å². The molecule has 1 aromatic rings. The normalized spacial score (nSPS) is 14.7. The lowest BCUT2D eigenvalue weighted by Gasteiger charge is -2.30. The van der Waals surface area contributed by atoms with Crippen molar-refractivity contribution >= 4 is 0 Å². The van der Waals surface area contributed by atoms with Gasteiger partial charge in [-0.15, -0.1) is 0 Å². The van der Waals surface area contributed by atoms with Crippen molar-refractivity contribution in [2.45, 2.75) is 18.9 Å². The van der Waals surface area contributed by atoms with Crippen LogP contribution in [0.3, 0.4) is 0 Å². The summed E-state index contributed by atoms with van der Waals surface area (Å²) in [5, 5.41) is 12.3. The van der Waals surface area contributed by atoms with E-state index in [-0.39, 0.29) is 12.1 Å².